The minimum atomic E-state index is 0.487. The van der Waals surface area contributed by atoms with E-state index in [-0.39, 0.29) is 0 Å². The number of rotatable bonds is 1. The first-order valence-corrected chi connectivity index (χ1v) is 6.09. The van der Waals surface area contributed by atoms with Crippen molar-refractivity contribution in [2.75, 3.05) is 24.5 Å². The van der Waals surface area contributed by atoms with Crippen molar-refractivity contribution in [3.05, 3.63) is 29.3 Å². The highest BCUT2D eigenvalue weighted by atomic mass is 15.3. The quantitative estimate of drug-likeness (QED) is 0.753. The van der Waals surface area contributed by atoms with E-state index in [1.165, 1.54) is 29.1 Å². The summed E-state index contributed by atoms with van der Waals surface area (Å²) in [6.07, 6.45) is 2.34. The topological polar surface area (TPSA) is 27.6 Å². The van der Waals surface area contributed by atoms with E-state index >= 15 is 0 Å². The highest BCUT2D eigenvalue weighted by Crippen LogP contribution is 2.40. The number of para-hydroxylation sites is 1. The Morgan fingerprint density at radius 1 is 1.31 bits per heavy atom. The summed E-state index contributed by atoms with van der Waals surface area (Å²) in [6, 6.07) is 7.22. The van der Waals surface area contributed by atoms with Crippen LogP contribution in [0.2, 0.25) is 0 Å². The summed E-state index contributed by atoms with van der Waals surface area (Å²) < 4.78 is 0. The molecule has 1 atom stereocenters. The standard InChI is InChI=1S/C13H15N3/c1-2-9-4-7-16-11(13-14-5-6-15-13)8-10(3-1)12(9)16/h1-3,11H,4-8H2,(H,14,15). The normalized spacial score (nSPS) is 25.6. The molecule has 3 aliphatic rings. The summed E-state index contributed by atoms with van der Waals surface area (Å²) in [4.78, 5) is 7.13. The van der Waals surface area contributed by atoms with Crippen molar-refractivity contribution >= 4 is 11.5 Å². The Bertz CT molecular complexity index is 478. The van der Waals surface area contributed by atoms with E-state index in [1.54, 1.807) is 0 Å². The van der Waals surface area contributed by atoms with Crippen molar-refractivity contribution in [3.63, 3.8) is 0 Å². The zero-order chi connectivity index (χ0) is 10.5. The number of amidine groups is 1. The molecule has 3 nitrogen and oxygen atoms in total. The number of aliphatic imine (C=N–C) groups is 1. The van der Waals surface area contributed by atoms with Crippen molar-refractivity contribution in [3.8, 4) is 0 Å². The second kappa shape index (κ2) is 3.00. The summed E-state index contributed by atoms with van der Waals surface area (Å²) in [5.41, 5.74) is 4.54. The van der Waals surface area contributed by atoms with Crippen LogP contribution in [-0.2, 0) is 12.8 Å². The van der Waals surface area contributed by atoms with Gasteiger partial charge in [-0.2, -0.15) is 0 Å². The maximum Gasteiger partial charge on any atom is 0.120 e. The number of hydrogen-bond donors (Lipinski definition) is 1. The summed E-state index contributed by atoms with van der Waals surface area (Å²) in [6.45, 7) is 3.13. The maximum atomic E-state index is 4.59. The van der Waals surface area contributed by atoms with Gasteiger partial charge in [0.1, 0.15) is 5.84 Å². The summed E-state index contributed by atoms with van der Waals surface area (Å²) in [5.74, 6) is 1.21. The lowest BCUT2D eigenvalue weighted by Gasteiger charge is -2.23. The van der Waals surface area contributed by atoms with Crippen LogP contribution in [0.4, 0.5) is 5.69 Å². The fourth-order valence-corrected chi connectivity index (χ4v) is 3.25. The molecule has 1 aromatic rings. The van der Waals surface area contributed by atoms with Gasteiger partial charge >= 0.3 is 0 Å². The minimum Gasteiger partial charge on any atom is -0.370 e. The first-order valence-electron chi connectivity index (χ1n) is 6.09. The van der Waals surface area contributed by atoms with Gasteiger partial charge in [0.15, 0.2) is 0 Å². The van der Waals surface area contributed by atoms with Crippen LogP contribution in [0.15, 0.2) is 23.2 Å². The Kier molecular flexibility index (Phi) is 1.62. The largest absolute Gasteiger partial charge is 0.370 e. The lowest BCUT2D eigenvalue weighted by atomic mass is 10.0. The molecule has 1 unspecified atom stereocenters. The molecular weight excluding hydrogens is 198 g/mol. The third-order valence-corrected chi connectivity index (χ3v) is 3.92. The van der Waals surface area contributed by atoms with Gasteiger partial charge in [0.05, 0.1) is 12.6 Å². The van der Waals surface area contributed by atoms with Gasteiger partial charge in [-0.05, 0) is 17.5 Å². The van der Waals surface area contributed by atoms with E-state index in [2.05, 4.69) is 33.4 Å². The minimum absolute atomic E-state index is 0.487. The SMILES string of the molecule is c1cc2c3c(c1)CC(C1=NCCN1)N3CC2. The Labute approximate surface area is 95.2 Å². The van der Waals surface area contributed by atoms with Gasteiger partial charge in [-0.3, -0.25) is 4.99 Å². The third-order valence-electron chi connectivity index (χ3n) is 3.92. The van der Waals surface area contributed by atoms with E-state index in [4.69, 9.17) is 0 Å². The summed E-state index contributed by atoms with van der Waals surface area (Å²) in [7, 11) is 0. The van der Waals surface area contributed by atoms with Gasteiger partial charge in [0.2, 0.25) is 0 Å². The predicted octanol–water partition coefficient (Wildman–Crippen LogP) is 0.975. The molecule has 3 heteroatoms. The zero-order valence-electron chi connectivity index (χ0n) is 9.24. The van der Waals surface area contributed by atoms with Crippen LogP contribution in [0.25, 0.3) is 0 Å². The van der Waals surface area contributed by atoms with Gasteiger partial charge in [0, 0.05) is 25.2 Å². The molecule has 3 aliphatic heterocycles. The molecule has 0 bridgehead atoms. The molecule has 0 radical (unpaired) electrons. The summed E-state index contributed by atoms with van der Waals surface area (Å²) >= 11 is 0. The molecule has 1 N–H and O–H groups in total. The van der Waals surface area contributed by atoms with Crippen molar-refractivity contribution < 1.29 is 0 Å². The molecule has 0 fully saturated rings. The van der Waals surface area contributed by atoms with Crippen LogP contribution in [-0.4, -0.2) is 31.5 Å². The molecule has 0 amide bonds. The number of nitrogens with one attached hydrogen (secondary N) is 1. The molecule has 0 saturated heterocycles. The van der Waals surface area contributed by atoms with Crippen LogP contribution < -0.4 is 10.2 Å². The monoisotopic (exact) mass is 213 g/mol. The van der Waals surface area contributed by atoms with Crippen LogP contribution in [0.1, 0.15) is 11.1 Å². The van der Waals surface area contributed by atoms with Crippen molar-refractivity contribution in [2.45, 2.75) is 18.9 Å². The fraction of sp³-hybridized carbons (Fsp3) is 0.462. The van der Waals surface area contributed by atoms with E-state index < -0.39 is 0 Å². The Balaban J connectivity index is 1.78. The van der Waals surface area contributed by atoms with Crippen molar-refractivity contribution in [2.24, 2.45) is 4.99 Å². The third kappa shape index (κ3) is 1.01. The Hall–Kier alpha value is -1.51. The number of benzene rings is 1. The lowest BCUT2D eigenvalue weighted by Crippen LogP contribution is -2.43. The van der Waals surface area contributed by atoms with Gasteiger partial charge in [-0.15, -0.1) is 0 Å². The van der Waals surface area contributed by atoms with E-state index in [1.807, 2.05) is 0 Å². The second-order valence-corrected chi connectivity index (χ2v) is 4.78. The lowest BCUT2D eigenvalue weighted by molar-refractivity contribution is 0.757. The molecule has 16 heavy (non-hydrogen) atoms. The second-order valence-electron chi connectivity index (χ2n) is 4.78. The number of anilines is 1. The molecule has 4 rings (SSSR count). The van der Waals surface area contributed by atoms with Gasteiger partial charge in [-0.25, -0.2) is 0 Å². The predicted molar refractivity (Wildman–Crippen MR) is 65.3 cm³/mol. The van der Waals surface area contributed by atoms with E-state index in [9.17, 15) is 0 Å². The fourth-order valence-electron chi connectivity index (χ4n) is 3.25. The van der Waals surface area contributed by atoms with Crippen LogP contribution in [0.5, 0.6) is 0 Å². The number of nitrogens with zero attached hydrogens (tertiary/aromatic N) is 2. The first kappa shape index (κ1) is 8.62. The Morgan fingerprint density at radius 3 is 3.12 bits per heavy atom. The molecule has 82 valence electrons. The van der Waals surface area contributed by atoms with Gasteiger partial charge < -0.3 is 10.2 Å². The van der Waals surface area contributed by atoms with E-state index in [0.717, 1.165) is 26.1 Å². The summed E-state index contributed by atoms with van der Waals surface area (Å²) in [5, 5.41) is 3.43. The van der Waals surface area contributed by atoms with E-state index in [0.29, 0.717) is 6.04 Å². The smallest absolute Gasteiger partial charge is 0.120 e. The molecule has 1 aromatic carbocycles. The van der Waals surface area contributed by atoms with Crippen molar-refractivity contribution in [1.29, 1.82) is 0 Å². The maximum absolute atomic E-state index is 4.59. The average Bonchev–Trinajstić information content (AvgIpc) is 3.01. The highest BCUT2D eigenvalue weighted by Gasteiger charge is 2.37. The van der Waals surface area contributed by atoms with Crippen LogP contribution >= 0.6 is 0 Å². The van der Waals surface area contributed by atoms with Gasteiger partial charge in [0.25, 0.3) is 0 Å². The molecule has 0 aliphatic carbocycles. The molecule has 0 spiro atoms. The van der Waals surface area contributed by atoms with Crippen LogP contribution in [0, 0.1) is 0 Å². The zero-order valence-corrected chi connectivity index (χ0v) is 9.24. The Morgan fingerprint density at radius 2 is 2.25 bits per heavy atom. The first-order chi connectivity index (χ1) is 7.93. The molecule has 0 saturated carbocycles. The molecule has 3 heterocycles. The average molecular weight is 213 g/mol. The molecule has 0 aromatic heterocycles. The van der Waals surface area contributed by atoms with Crippen molar-refractivity contribution in [1.82, 2.24) is 5.32 Å². The number of hydrogen-bond acceptors (Lipinski definition) is 3. The molecular formula is C13H15N3. The van der Waals surface area contributed by atoms with Crippen LogP contribution in [0.3, 0.4) is 0 Å². The highest BCUT2D eigenvalue weighted by molar-refractivity contribution is 5.94. The van der Waals surface area contributed by atoms with Gasteiger partial charge in [-0.1, -0.05) is 18.2 Å².